The van der Waals surface area contributed by atoms with Crippen molar-refractivity contribution in [2.45, 2.75) is 19.3 Å². The number of aliphatic hydroxyl groups is 1. The van der Waals surface area contributed by atoms with Crippen LogP contribution in [0.1, 0.15) is 19.4 Å². The van der Waals surface area contributed by atoms with E-state index in [1.54, 1.807) is 0 Å². The van der Waals surface area contributed by atoms with Gasteiger partial charge in [0.2, 0.25) is 0 Å². The summed E-state index contributed by atoms with van der Waals surface area (Å²) < 4.78 is 5.36. The molecule has 0 aliphatic carbocycles. The van der Waals surface area contributed by atoms with E-state index in [9.17, 15) is 5.11 Å². The number of aliphatic hydroxyl groups excluding tert-OH is 1. The molecule has 74 valence electrons. The van der Waals surface area contributed by atoms with Gasteiger partial charge in [0.25, 0.3) is 0 Å². The Morgan fingerprint density at radius 1 is 1.43 bits per heavy atom. The van der Waals surface area contributed by atoms with Crippen LogP contribution in [0.3, 0.4) is 0 Å². The van der Waals surface area contributed by atoms with E-state index in [-0.39, 0.29) is 12.0 Å². The molecule has 0 saturated heterocycles. The summed E-state index contributed by atoms with van der Waals surface area (Å²) in [6.45, 7) is 4.24. The summed E-state index contributed by atoms with van der Waals surface area (Å²) in [4.78, 5) is 0. The van der Waals surface area contributed by atoms with Crippen molar-refractivity contribution in [3.8, 4) is 0 Å². The zero-order chi connectivity index (χ0) is 10.2. The van der Waals surface area contributed by atoms with Gasteiger partial charge in [0.05, 0.1) is 11.3 Å². The van der Waals surface area contributed by atoms with Crippen LogP contribution in [0.2, 0.25) is 0 Å². The zero-order valence-electron chi connectivity index (χ0n) is 8.32. The van der Waals surface area contributed by atoms with Crippen LogP contribution in [0.25, 0.3) is 10.1 Å². The van der Waals surface area contributed by atoms with Gasteiger partial charge in [-0.25, -0.2) is 0 Å². The Bertz CT molecular complexity index is 447. The fourth-order valence-corrected chi connectivity index (χ4v) is 2.45. The quantitative estimate of drug-likeness (QED) is 0.821. The van der Waals surface area contributed by atoms with Gasteiger partial charge in [0.15, 0.2) is 0 Å². The third-order valence-electron chi connectivity index (χ3n) is 2.51. The van der Waals surface area contributed by atoms with Crippen molar-refractivity contribution in [1.29, 1.82) is 0 Å². The molecule has 0 aliphatic heterocycles. The minimum atomic E-state index is -0.188. The number of hydrogen-bond acceptors (Lipinski definition) is 3. The van der Waals surface area contributed by atoms with Crippen molar-refractivity contribution in [3.63, 3.8) is 0 Å². The van der Waals surface area contributed by atoms with Crippen molar-refractivity contribution in [1.82, 2.24) is 4.37 Å². The second-order valence-electron chi connectivity index (χ2n) is 4.09. The second-order valence-corrected chi connectivity index (χ2v) is 4.89. The van der Waals surface area contributed by atoms with Gasteiger partial charge in [-0.1, -0.05) is 32.0 Å². The largest absolute Gasteiger partial charge is 0.395 e. The van der Waals surface area contributed by atoms with E-state index in [4.69, 9.17) is 0 Å². The lowest BCUT2D eigenvalue weighted by molar-refractivity contribution is 0.219. The van der Waals surface area contributed by atoms with Crippen LogP contribution in [0.15, 0.2) is 24.4 Å². The first-order valence-corrected chi connectivity index (χ1v) is 5.37. The van der Waals surface area contributed by atoms with Crippen LogP contribution < -0.4 is 0 Å². The van der Waals surface area contributed by atoms with Gasteiger partial charge in [0.1, 0.15) is 0 Å². The van der Waals surface area contributed by atoms with Gasteiger partial charge in [-0.2, -0.15) is 4.37 Å². The van der Waals surface area contributed by atoms with E-state index in [0.29, 0.717) is 0 Å². The normalized spacial score (nSPS) is 12.2. The van der Waals surface area contributed by atoms with E-state index in [2.05, 4.69) is 16.5 Å². The molecule has 0 aliphatic rings. The molecule has 2 aromatic rings. The Kier molecular flexibility index (Phi) is 2.29. The molecule has 0 saturated carbocycles. The van der Waals surface area contributed by atoms with Gasteiger partial charge in [-0.15, -0.1) is 0 Å². The van der Waals surface area contributed by atoms with Gasteiger partial charge < -0.3 is 5.11 Å². The molecule has 1 N–H and O–H groups in total. The molecule has 14 heavy (non-hydrogen) atoms. The number of hydrogen-bond donors (Lipinski definition) is 1. The summed E-state index contributed by atoms with van der Waals surface area (Å²) in [6.07, 6.45) is 1.87. The van der Waals surface area contributed by atoms with Crippen LogP contribution in [0.5, 0.6) is 0 Å². The molecule has 2 rings (SSSR count). The molecule has 0 atom stereocenters. The van der Waals surface area contributed by atoms with Gasteiger partial charge >= 0.3 is 0 Å². The van der Waals surface area contributed by atoms with Gasteiger partial charge in [0, 0.05) is 17.0 Å². The maximum Gasteiger partial charge on any atom is 0.0588 e. The molecule has 0 bridgehead atoms. The zero-order valence-corrected chi connectivity index (χ0v) is 9.14. The number of benzene rings is 1. The lowest BCUT2D eigenvalue weighted by Crippen LogP contribution is -2.21. The van der Waals surface area contributed by atoms with E-state index < -0.39 is 0 Å². The SMILES string of the molecule is CC(C)(CO)c1cccc2cnsc12. The lowest BCUT2D eigenvalue weighted by Gasteiger charge is -2.22. The highest BCUT2D eigenvalue weighted by Gasteiger charge is 2.22. The Morgan fingerprint density at radius 3 is 2.93 bits per heavy atom. The molecule has 1 aromatic heterocycles. The molecular formula is C11H13NOS. The standard InChI is InChI=1S/C11H13NOS/c1-11(2,7-13)9-5-3-4-8-6-12-14-10(8)9/h3-6,13H,7H2,1-2H3. The van der Waals surface area contributed by atoms with Gasteiger partial charge in [-0.05, 0) is 17.1 Å². The molecule has 0 unspecified atom stereocenters. The van der Waals surface area contributed by atoms with Crippen molar-refractivity contribution in [2.75, 3.05) is 6.61 Å². The maximum absolute atomic E-state index is 9.33. The number of fused-ring (bicyclic) bond motifs is 1. The molecule has 3 heteroatoms. The number of rotatable bonds is 2. The van der Waals surface area contributed by atoms with Crippen LogP contribution in [-0.2, 0) is 5.41 Å². The van der Waals surface area contributed by atoms with E-state index in [0.717, 1.165) is 5.39 Å². The lowest BCUT2D eigenvalue weighted by atomic mass is 9.85. The Morgan fingerprint density at radius 2 is 2.21 bits per heavy atom. The van der Waals surface area contributed by atoms with Crippen LogP contribution >= 0.6 is 11.5 Å². The summed E-state index contributed by atoms with van der Waals surface area (Å²) in [5, 5.41) is 10.5. The topological polar surface area (TPSA) is 33.1 Å². The minimum absolute atomic E-state index is 0.157. The molecular weight excluding hydrogens is 194 g/mol. The summed E-state index contributed by atoms with van der Waals surface area (Å²) >= 11 is 1.50. The Labute approximate surface area is 87.4 Å². The predicted octanol–water partition coefficient (Wildman–Crippen LogP) is 2.57. The third-order valence-corrected chi connectivity index (χ3v) is 3.35. The molecule has 0 radical (unpaired) electrons. The van der Waals surface area contributed by atoms with Crippen molar-refractivity contribution >= 4 is 21.6 Å². The monoisotopic (exact) mass is 207 g/mol. The minimum Gasteiger partial charge on any atom is -0.395 e. The Balaban J connectivity index is 2.67. The first-order valence-electron chi connectivity index (χ1n) is 4.60. The van der Waals surface area contributed by atoms with Crippen LogP contribution in [-0.4, -0.2) is 16.1 Å². The number of nitrogens with zero attached hydrogens (tertiary/aromatic N) is 1. The molecule has 0 fully saturated rings. The first-order chi connectivity index (χ1) is 6.65. The smallest absolute Gasteiger partial charge is 0.0588 e. The van der Waals surface area contributed by atoms with E-state index in [1.165, 1.54) is 21.8 Å². The molecule has 1 heterocycles. The molecule has 0 amide bonds. The average molecular weight is 207 g/mol. The fraction of sp³-hybridized carbons (Fsp3) is 0.364. The summed E-state index contributed by atoms with van der Waals surface area (Å²) in [5.41, 5.74) is 0.992. The average Bonchev–Trinajstić information content (AvgIpc) is 2.64. The highest BCUT2D eigenvalue weighted by Crippen LogP contribution is 2.31. The summed E-state index contributed by atoms with van der Waals surface area (Å²) in [5.74, 6) is 0. The number of aromatic nitrogens is 1. The van der Waals surface area contributed by atoms with E-state index in [1.807, 2.05) is 26.1 Å². The second kappa shape index (κ2) is 3.33. The van der Waals surface area contributed by atoms with Crippen LogP contribution in [0, 0.1) is 0 Å². The fourth-order valence-electron chi connectivity index (χ4n) is 1.51. The van der Waals surface area contributed by atoms with Crippen molar-refractivity contribution in [3.05, 3.63) is 30.0 Å². The van der Waals surface area contributed by atoms with Gasteiger partial charge in [-0.3, -0.25) is 0 Å². The molecule has 1 aromatic carbocycles. The summed E-state index contributed by atoms with van der Waals surface area (Å²) in [7, 11) is 0. The molecule has 2 nitrogen and oxygen atoms in total. The van der Waals surface area contributed by atoms with Crippen molar-refractivity contribution in [2.24, 2.45) is 0 Å². The maximum atomic E-state index is 9.33. The summed E-state index contributed by atoms with van der Waals surface area (Å²) in [6, 6.07) is 6.13. The third kappa shape index (κ3) is 1.42. The predicted molar refractivity (Wildman–Crippen MR) is 59.7 cm³/mol. The van der Waals surface area contributed by atoms with E-state index >= 15 is 0 Å². The molecule has 0 spiro atoms. The first kappa shape index (κ1) is 9.62. The highest BCUT2D eigenvalue weighted by atomic mass is 32.1. The van der Waals surface area contributed by atoms with Crippen LogP contribution in [0.4, 0.5) is 0 Å². The highest BCUT2D eigenvalue weighted by molar-refractivity contribution is 7.13. The Hall–Kier alpha value is -0.930. The van der Waals surface area contributed by atoms with Crippen molar-refractivity contribution < 1.29 is 5.11 Å².